The maximum absolute atomic E-state index is 5.97. The van der Waals surface area contributed by atoms with E-state index in [4.69, 9.17) is 15.2 Å². The third kappa shape index (κ3) is 2.48. The maximum Gasteiger partial charge on any atom is 0.496 e. The summed E-state index contributed by atoms with van der Waals surface area (Å²) in [6, 6.07) is 0.461. The summed E-state index contributed by atoms with van der Waals surface area (Å²) in [6.45, 7) is 12.0. The summed E-state index contributed by atoms with van der Waals surface area (Å²) in [5, 5.41) is 1.74. The topological polar surface area (TPSA) is 47.7 Å². The van der Waals surface area contributed by atoms with Gasteiger partial charge in [-0.15, -0.1) is 0 Å². The number of hydrazine groups is 1. The lowest BCUT2D eigenvalue weighted by Gasteiger charge is -2.32. The van der Waals surface area contributed by atoms with E-state index in [1.807, 2.05) is 33.9 Å². The van der Waals surface area contributed by atoms with Crippen LogP contribution in [0.4, 0.5) is 0 Å². The minimum absolute atomic E-state index is 0.335. The first kappa shape index (κ1) is 13.7. The van der Waals surface area contributed by atoms with Crippen LogP contribution < -0.4 is 5.84 Å². The molecule has 0 aromatic rings. The minimum Gasteiger partial charge on any atom is -0.399 e. The van der Waals surface area contributed by atoms with Crippen LogP contribution in [0.3, 0.4) is 0 Å². The van der Waals surface area contributed by atoms with Crippen molar-refractivity contribution in [2.45, 2.75) is 57.8 Å². The summed E-state index contributed by atoms with van der Waals surface area (Å²) < 4.78 is 11.9. The lowest BCUT2D eigenvalue weighted by molar-refractivity contribution is 0.00578. The molecule has 0 aromatic heterocycles. The average Bonchev–Trinajstić information content (AvgIpc) is 3.04. The molecule has 100 valence electrons. The van der Waals surface area contributed by atoms with Crippen LogP contribution in [0.15, 0.2) is 24.3 Å². The van der Waals surface area contributed by atoms with Crippen molar-refractivity contribution < 1.29 is 9.31 Å². The van der Waals surface area contributed by atoms with Crippen molar-refractivity contribution in [3.63, 3.8) is 0 Å². The second-order valence-electron chi connectivity index (χ2n) is 6.10. The number of rotatable bonds is 4. The van der Waals surface area contributed by atoms with Crippen molar-refractivity contribution in [2.75, 3.05) is 0 Å². The number of nitrogens with zero attached hydrogens (tertiary/aromatic N) is 1. The fourth-order valence-corrected chi connectivity index (χ4v) is 1.84. The van der Waals surface area contributed by atoms with Crippen LogP contribution >= 0.6 is 0 Å². The zero-order valence-electron chi connectivity index (χ0n) is 11.8. The first-order valence-corrected chi connectivity index (χ1v) is 6.50. The van der Waals surface area contributed by atoms with E-state index >= 15 is 0 Å². The molecule has 0 atom stereocenters. The number of allylic oxidation sites excluding steroid dienone is 2. The van der Waals surface area contributed by atoms with Crippen molar-refractivity contribution in [1.82, 2.24) is 5.01 Å². The van der Waals surface area contributed by atoms with E-state index in [2.05, 4.69) is 6.58 Å². The van der Waals surface area contributed by atoms with Crippen LogP contribution in [0.1, 0.15) is 40.5 Å². The van der Waals surface area contributed by atoms with Crippen LogP contribution in [0, 0.1) is 0 Å². The minimum atomic E-state index is -0.391. The molecule has 0 unspecified atom stereocenters. The van der Waals surface area contributed by atoms with Crippen LogP contribution in [0.2, 0.25) is 0 Å². The maximum atomic E-state index is 5.97. The molecule has 1 saturated heterocycles. The Bertz CT molecular complexity index is 359. The van der Waals surface area contributed by atoms with Gasteiger partial charge in [-0.1, -0.05) is 12.7 Å². The summed E-state index contributed by atoms with van der Waals surface area (Å²) in [4.78, 5) is 0. The molecule has 1 aliphatic carbocycles. The number of nitrogens with two attached hydrogens (primary N) is 1. The van der Waals surface area contributed by atoms with E-state index < -0.39 is 7.12 Å². The van der Waals surface area contributed by atoms with Crippen LogP contribution in [-0.4, -0.2) is 29.4 Å². The molecule has 4 nitrogen and oxygen atoms in total. The third-order valence-corrected chi connectivity index (χ3v) is 4.03. The van der Waals surface area contributed by atoms with Crippen LogP contribution in [-0.2, 0) is 9.31 Å². The predicted molar refractivity (Wildman–Crippen MR) is 73.4 cm³/mol. The molecular formula is C13H23BN2O2. The lowest BCUT2D eigenvalue weighted by atomic mass is 9.79. The van der Waals surface area contributed by atoms with E-state index in [9.17, 15) is 0 Å². The van der Waals surface area contributed by atoms with Gasteiger partial charge < -0.3 is 14.3 Å². The van der Waals surface area contributed by atoms with Gasteiger partial charge in [0.1, 0.15) is 0 Å². The summed E-state index contributed by atoms with van der Waals surface area (Å²) >= 11 is 0. The quantitative estimate of drug-likeness (QED) is 0.359. The zero-order valence-corrected chi connectivity index (χ0v) is 11.8. The standard InChI is InChI=1S/C13H23BN2O2/c1-6-10(9-16(15)11-7-8-11)14-17-12(2,3)13(4,5)18-14/h6,9,11H,1,7-8,15H2,2-5H3/b10-9+. The Morgan fingerprint density at radius 1 is 1.28 bits per heavy atom. The SMILES string of the molecule is C=C/C(=C\N(N)C1CC1)B1OC(C)(C)C(C)(C)O1. The van der Waals surface area contributed by atoms with Crippen molar-refractivity contribution in [3.8, 4) is 0 Å². The highest BCUT2D eigenvalue weighted by molar-refractivity contribution is 6.55. The lowest BCUT2D eigenvalue weighted by Crippen LogP contribution is -2.41. The van der Waals surface area contributed by atoms with E-state index in [0.717, 1.165) is 18.3 Å². The summed E-state index contributed by atoms with van der Waals surface area (Å²) in [6.07, 6.45) is 5.94. The largest absolute Gasteiger partial charge is 0.496 e. The summed E-state index contributed by atoms with van der Waals surface area (Å²) in [7, 11) is -0.391. The first-order chi connectivity index (χ1) is 8.27. The normalized spacial score (nSPS) is 26.3. The molecule has 0 radical (unpaired) electrons. The first-order valence-electron chi connectivity index (χ1n) is 6.50. The Morgan fingerprint density at radius 3 is 2.17 bits per heavy atom. The molecule has 5 heteroatoms. The smallest absolute Gasteiger partial charge is 0.399 e. The van der Waals surface area contributed by atoms with Gasteiger partial charge in [-0.25, -0.2) is 5.84 Å². The monoisotopic (exact) mass is 250 g/mol. The van der Waals surface area contributed by atoms with E-state index in [1.165, 1.54) is 0 Å². The highest BCUT2D eigenvalue weighted by Crippen LogP contribution is 2.38. The van der Waals surface area contributed by atoms with Gasteiger partial charge in [-0.2, -0.15) is 0 Å². The Labute approximate surface area is 110 Å². The molecule has 18 heavy (non-hydrogen) atoms. The molecule has 1 saturated carbocycles. The number of hydrogen-bond acceptors (Lipinski definition) is 4. The van der Waals surface area contributed by atoms with Crippen LogP contribution in [0.5, 0.6) is 0 Å². The molecule has 0 aromatic carbocycles. The molecule has 2 rings (SSSR count). The molecule has 0 bridgehead atoms. The highest BCUT2D eigenvalue weighted by atomic mass is 16.7. The van der Waals surface area contributed by atoms with Gasteiger partial charge in [0.2, 0.25) is 0 Å². The second-order valence-corrected chi connectivity index (χ2v) is 6.10. The second kappa shape index (κ2) is 4.40. The van der Waals surface area contributed by atoms with Gasteiger partial charge in [-0.05, 0) is 46.0 Å². The summed E-state index contributed by atoms with van der Waals surface area (Å²) in [5.74, 6) is 5.96. The average molecular weight is 250 g/mol. The number of hydrogen-bond donors (Lipinski definition) is 1. The Balaban J connectivity index is 2.12. The van der Waals surface area contributed by atoms with Gasteiger partial charge in [0.25, 0.3) is 0 Å². The van der Waals surface area contributed by atoms with Gasteiger partial charge in [-0.3, -0.25) is 0 Å². The van der Waals surface area contributed by atoms with E-state index in [1.54, 1.807) is 11.1 Å². The third-order valence-electron chi connectivity index (χ3n) is 4.03. The van der Waals surface area contributed by atoms with Gasteiger partial charge in [0.15, 0.2) is 0 Å². The molecule has 2 fully saturated rings. The molecule has 2 aliphatic rings. The molecule has 1 heterocycles. The Kier molecular flexibility index (Phi) is 3.34. The fourth-order valence-electron chi connectivity index (χ4n) is 1.84. The molecule has 2 N–H and O–H groups in total. The predicted octanol–water partition coefficient (Wildman–Crippen LogP) is 2.03. The highest BCUT2D eigenvalue weighted by Gasteiger charge is 2.52. The van der Waals surface area contributed by atoms with Crippen molar-refractivity contribution >= 4 is 7.12 Å². The van der Waals surface area contributed by atoms with Crippen molar-refractivity contribution in [3.05, 3.63) is 24.3 Å². The Hall–Kier alpha value is -0.775. The zero-order chi connectivity index (χ0) is 13.6. The fraction of sp³-hybridized carbons (Fsp3) is 0.692. The van der Waals surface area contributed by atoms with Gasteiger partial charge in [0.05, 0.1) is 11.2 Å². The Morgan fingerprint density at radius 2 is 1.78 bits per heavy atom. The molecule has 1 aliphatic heterocycles. The van der Waals surface area contributed by atoms with E-state index in [0.29, 0.717) is 6.04 Å². The summed E-state index contributed by atoms with van der Waals surface area (Å²) in [5.41, 5.74) is 0.209. The molecule has 0 spiro atoms. The molecular weight excluding hydrogens is 227 g/mol. The molecule has 0 amide bonds. The van der Waals surface area contributed by atoms with Crippen molar-refractivity contribution in [1.29, 1.82) is 0 Å². The van der Waals surface area contributed by atoms with E-state index in [-0.39, 0.29) is 11.2 Å². The van der Waals surface area contributed by atoms with Gasteiger partial charge >= 0.3 is 7.12 Å². The van der Waals surface area contributed by atoms with Crippen LogP contribution in [0.25, 0.3) is 0 Å². The van der Waals surface area contributed by atoms with Gasteiger partial charge in [0, 0.05) is 12.2 Å². The van der Waals surface area contributed by atoms with Crippen molar-refractivity contribution in [2.24, 2.45) is 5.84 Å².